The number of aromatic hydroxyl groups is 1. The summed E-state index contributed by atoms with van der Waals surface area (Å²) in [6.07, 6.45) is 0.479. The zero-order valence-electron chi connectivity index (χ0n) is 11.5. The second kappa shape index (κ2) is 7.15. The normalized spacial score (nSPS) is 12.1. The van der Waals surface area contributed by atoms with Crippen LogP contribution in [0, 0.1) is 0 Å². The van der Waals surface area contributed by atoms with Crippen LogP contribution in [0.2, 0.25) is 0 Å². The minimum Gasteiger partial charge on any atom is -0.508 e. The molecule has 3 heteroatoms. The van der Waals surface area contributed by atoms with Crippen LogP contribution in [-0.2, 0) is 0 Å². The van der Waals surface area contributed by atoms with Crippen molar-refractivity contribution in [2.75, 3.05) is 5.75 Å². The minimum atomic E-state index is 0.111. The van der Waals surface area contributed by atoms with Gasteiger partial charge in [0.25, 0.3) is 0 Å². The first-order valence-electron chi connectivity index (χ1n) is 6.69. The van der Waals surface area contributed by atoms with Crippen molar-refractivity contribution >= 4 is 17.5 Å². The molecule has 0 saturated carbocycles. The molecule has 104 valence electrons. The van der Waals surface area contributed by atoms with E-state index in [1.54, 1.807) is 36.0 Å². The van der Waals surface area contributed by atoms with Crippen molar-refractivity contribution < 1.29 is 9.90 Å². The molecule has 0 fully saturated rings. The Morgan fingerprint density at radius 3 is 2.35 bits per heavy atom. The van der Waals surface area contributed by atoms with E-state index >= 15 is 0 Å². The van der Waals surface area contributed by atoms with Gasteiger partial charge in [0, 0.05) is 17.2 Å². The zero-order chi connectivity index (χ0) is 14.4. The van der Waals surface area contributed by atoms with E-state index < -0.39 is 0 Å². The lowest BCUT2D eigenvalue weighted by Gasteiger charge is -2.15. The Kier molecular flexibility index (Phi) is 5.24. The topological polar surface area (TPSA) is 37.3 Å². The Labute approximate surface area is 123 Å². The van der Waals surface area contributed by atoms with Crippen molar-refractivity contribution in [2.24, 2.45) is 0 Å². The molecular weight excluding hydrogens is 268 g/mol. The number of carbonyl (C=O) groups is 1. The summed E-state index contributed by atoms with van der Waals surface area (Å²) < 4.78 is 0. The number of hydrogen-bond acceptors (Lipinski definition) is 3. The van der Waals surface area contributed by atoms with Gasteiger partial charge in [-0.05, 0) is 35.6 Å². The molecule has 0 amide bonds. The molecule has 0 spiro atoms. The Hall–Kier alpha value is -1.74. The first kappa shape index (κ1) is 14.7. The third-order valence-electron chi connectivity index (χ3n) is 3.10. The van der Waals surface area contributed by atoms with Crippen molar-refractivity contribution in [2.45, 2.75) is 18.6 Å². The maximum atomic E-state index is 12.3. The van der Waals surface area contributed by atoms with E-state index in [1.165, 1.54) is 5.56 Å². The lowest BCUT2D eigenvalue weighted by Crippen LogP contribution is -2.05. The number of phenols is 1. The second-order valence-electron chi connectivity index (χ2n) is 4.53. The average molecular weight is 286 g/mol. The van der Waals surface area contributed by atoms with Gasteiger partial charge in [0.05, 0.1) is 0 Å². The molecule has 2 aromatic rings. The van der Waals surface area contributed by atoms with E-state index in [2.05, 4.69) is 19.1 Å². The summed E-state index contributed by atoms with van der Waals surface area (Å²) >= 11 is 1.79. The molecule has 0 aliphatic rings. The third-order valence-corrected chi connectivity index (χ3v) is 4.27. The molecule has 2 nitrogen and oxygen atoms in total. The van der Waals surface area contributed by atoms with Crippen LogP contribution in [-0.4, -0.2) is 16.6 Å². The maximum Gasteiger partial charge on any atom is 0.164 e. The van der Waals surface area contributed by atoms with Crippen LogP contribution in [0.4, 0.5) is 0 Å². The Morgan fingerprint density at radius 1 is 1.10 bits per heavy atom. The van der Waals surface area contributed by atoms with Gasteiger partial charge in [-0.3, -0.25) is 4.79 Å². The highest BCUT2D eigenvalue weighted by Crippen LogP contribution is 2.33. The SMILES string of the molecule is CCSC(CC(=O)c1ccc(O)cc1)c1ccccc1. The lowest BCUT2D eigenvalue weighted by molar-refractivity contribution is 0.0982. The van der Waals surface area contributed by atoms with Gasteiger partial charge >= 0.3 is 0 Å². The molecule has 1 N–H and O–H groups in total. The largest absolute Gasteiger partial charge is 0.508 e. The smallest absolute Gasteiger partial charge is 0.164 e. The van der Waals surface area contributed by atoms with Gasteiger partial charge < -0.3 is 5.11 Å². The molecule has 2 aromatic carbocycles. The van der Waals surface area contributed by atoms with Crippen LogP contribution in [0.15, 0.2) is 54.6 Å². The predicted molar refractivity (Wildman–Crippen MR) is 84.4 cm³/mol. The van der Waals surface area contributed by atoms with Crippen LogP contribution in [0.1, 0.15) is 34.5 Å². The monoisotopic (exact) mass is 286 g/mol. The summed E-state index contributed by atoms with van der Waals surface area (Å²) in [6, 6.07) is 16.6. The standard InChI is InChI=1S/C17H18O2S/c1-2-20-17(14-6-4-3-5-7-14)12-16(19)13-8-10-15(18)11-9-13/h3-11,17-18H,2,12H2,1H3. The molecule has 0 radical (unpaired) electrons. The summed E-state index contributed by atoms with van der Waals surface area (Å²) in [4.78, 5) is 12.3. The van der Waals surface area contributed by atoms with E-state index in [4.69, 9.17) is 0 Å². The van der Waals surface area contributed by atoms with E-state index in [0.717, 1.165) is 5.75 Å². The first-order chi connectivity index (χ1) is 9.70. The second-order valence-corrected chi connectivity index (χ2v) is 6.01. The number of benzene rings is 2. The number of phenolic OH excluding ortho intramolecular Hbond substituents is 1. The number of rotatable bonds is 6. The molecule has 0 aromatic heterocycles. The van der Waals surface area contributed by atoms with E-state index in [9.17, 15) is 9.90 Å². The first-order valence-corrected chi connectivity index (χ1v) is 7.74. The van der Waals surface area contributed by atoms with Gasteiger partial charge in [-0.1, -0.05) is 37.3 Å². The summed E-state index contributed by atoms with van der Waals surface area (Å²) in [5.74, 6) is 1.27. The van der Waals surface area contributed by atoms with Crippen molar-refractivity contribution in [3.63, 3.8) is 0 Å². The van der Waals surface area contributed by atoms with Gasteiger partial charge in [0.1, 0.15) is 5.75 Å². The highest BCUT2D eigenvalue weighted by Gasteiger charge is 2.17. The molecule has 0 aliphatic carbocycles. The molecule has 1 atom stereocenters. The summed E-state index contributed by atoms with van der Waals surface area (Å²) in [5.41, 5.74) is 1.84. The van der Waals surface area contributed by atoms with Gasteiger partial charge in [-0.15, -0.1) is 0 Å². The molecule has 0 heterocycles. The van der Waals surface area contributed by atoms with Crippen molar-refractivity contribution in [3.8, 4) is 5.75 Å². The van der Waals surface area contributed by atoms with Gasteiger partial charge in [0.2, 0.25) is 0 Å². The molecular formula is C17H18O2S. The summed E-state index contributed by atoms with van der Waals surface area (Å²) in [7, 11) is 0. The molecule has 0 bridgehead atoms. The van der Waals surface area contributed by atoms with Crippen LogP contribution >= 0.6 is 11.8 Å². The maximum absolute atomic E-state index is 12.3. The quantitative estimate of drug-likeness (QED) is 0.797. The fourth-order valence-electron chi connectivity index (χ4n) is 2.08. The molecule has 0 aliphatic heterocycles. The Balaban J connectivity index is 2.12. The van der Waals surface area contributed by atoms with Crippen molar-refractivity contribution in [1.29, 1.82) is 0 Å². The van der Waals surface area contributed by atoms with Crippen LogP contribution < -0.4 is 0 Å². The van der Waals surface area contributed by atoms with Gasteiger partial charge in [-0.2, -0.15) is 11.8 Å². The van der Waals surface area contributed by atoms with E-state index in [0.29, 0.717) is 12.0 Å². The number of thioether (sulfide) groups is 1. The molecule has 2 rings (SSSR count). The zero-order valence-corrected chi connectivity index (χ0v) is 12.3. The molecule has 0 saturated heterocycles. The highest BCUT2D eigenvalue weighted by atomic mass is 32.2. The Morgan fingerprint density at radius 2 is 1.75 bits per heavy atom. The summed E-state index contributed by atoms with van der Waals surface area (Å²) in [6.45, 7) is 2.10. The third kappa shape index (κ3) is 3.87. The average Bonchev–Trinajstić information content (AvgIpc) is 2.48. The van der Waals surface area contributed by atoms with Crippen molar-refractivity contribution in [3.05, 3.63) is 65.7 Å². The van der Waals surface area contributed by atoms with Crippen LogP contribution in [0.5, 0.6) is 5.75 Å². The predicted octanol–water partition coefficient (Wildman–Crippen LogP) is 4.46. The van der Waals surface area contributed by atoms with Crippen LogP contribution in [0.25, 0.3) is 0 Å². The van der Waals surface area contributed by atoms with E-state index in [1.807, 2.05) is 18.2 Å². The van der Waals surface area contributed by atoms with Crippen molar-refractivity contribution in [1.82, 2.24) is 0 Å². The highest BCUT2D eigenvalue weighted by molar-refractivity contribution is 7.99. The fraction of sp³-hybridized carbons (Fsp3) is 0.235. The summed E-state index contributed by atoms with van der Waals surface area (Å²) in [5, 5.41) is 9.45. The van der Waals surface area contributed by atoms with Gasteiger partial charge in [-0.25, -0.2) is 0 Å². The molecule has 1 unspecified atom stereocenters. The lowest BCUT2D eigenvalue weighted by atomic mass is 10.0. The number of carbonyl (C=O) groups excluding carboxylic acids is 1. The minimum absolute atomic E-state index is 0.111. The number of hydrogen-bond donors (Lipinski definition) is 1. The van der Waals surface area contributed by atoms with Gasteiger partial charge in [0.15, 0.2) is 5.78 Å². The Bertz CT molecular complexity index is 549. The van der Waals surface area contributed by atoms with E-state index in [-0.39, 0.29) is 16.8 Å². The molecule has 20 heavy (non-hydrogen) atoms. The number of Topliss-reactive ketones (excluding diaryl/α,β-unsaturated/α-hetero) is 1. The number of ketones is 1. The van der Waals surface area contributed by atoms with Crippen LogP contribution in [0.3, 0.4) is 0 Å². The fourth-order valence-corrected chi connectivity index (χ4v) is 3.10.